The zero-order chi connectivity index (χ0) is 38.0. The summed E-state index contributed by atoms with van der Waals surface area (Å²) >= 11 is 0. The largest absolute Gasteiger partial charge is 0.504 e. The Morgan fingerprint density at radius 3 is 1.56 bits per heavy atom. The Labute approximate surface area is 292 Å². The summed E-state index contributed by atoms with van der Waals surface area (Å²) < 4.78 is 10.8. The molecule has 4 aromatic carbocycles. The number of hydrogen-bond donors (Lipinski definition) is 10. The standard InChI is InChI=1S/C36H30O16/c37-20-5-1-15(9-24(20)41)11-27(33(45)46)51-35(49)19-13-17-4-8-23(40)32(44)30(17)29(18-3-7-22(39)26(43)14-18)31(19)36(50)52-28(34(47)48)12-16-2-6-21(38)25(42)10-16/h1-10,13-14,27-29,31,37-44H,11-12H2,(H,45,46)(H,47,48). The van der Waals surface area contributed by atoms with Gasteiger partial charge in [-0.2, -0.15) is 0 Å². The molecule has 1 aliphatic carbocycles. The molecule has 0 saturated carbocycles. The highest BCUT2D eigenvalue weighted by atomic mass is 16.6. The van der Waals surface area contributed by atoms with Crippen LogP contribution >= 0.6 is 0 Å². The van der Waals surface area contributed by atoms with Gasteiger partial charge in [0.2, 0.25) is 12.2 Å². The molecule has 4 unspecified atom stereocenters. The van der Waals surface area contributed by atoms with E-state index in [0.717, 1.165) is 48.5 Å². The zero-order valence-electron chi connectivity index (χ0n) is 26.6. The molecule has 0 amide bonds. The number of rotatable bonds is 11. The number of fused-ring (bicyclic) bond motifs is 1. The Morgan fingerprint density at radius 2 is 1.06 bits per heavy atom. The molecule has 0 aliphatic heterocycles. The zero-order valence-corrected chi connectivity index (χ0v) is 26.6. The van der Waals surface area contributed by atoms with E-state index in [1.165, 1.54) is 24.3 Å². The fourth-order valence-electron chi connectivity index (χ4n) is 5.80. The molecule has 270 valence electrons. The molecule has 16 heteroatoms. The van der Waals surface area contributed by atoms with Crippen LogP contribution in [0.4, 0.5) is 0 Å². The molecule has 10 N–H and O–H groups in total. The lowest BCUT2D eigenvalue weighted by Gasteiger charge is -2.34. The molecule has 52 heavy (non-hydrogen) atoms. The second-order valence-electron chi connectivity index (χ2n) is 11.8. The summed E-state index contributed by atoms with van der Waals surface area (Å²) in [5, 5.41) is 101. The number of carbonyl (C=O) groups excluding carboxylic acids is 2. The first-order valence-electron chi connectivity index (χ1n) is 15.2. The predicted octanol–water partition coefficient (Wildman–Crippen LogP) is 2.95. The smallest absolute Gasteiger partial charge is 0.345 e. The molecule has 1 aliphatic rings. The number of carboxylic acids is 2. The number of carbonyl (C=O) groups is 4. The van der Waals surface area contributed by atoms with Crippen molar-refractivity contribution in [1.82, 2.24) is 0 Å². The molecule has 0 bridgehead atoms. The lowest BCUT2D eigenvalue weighted by Crippen LogP contribution is -2.39. The van der Waals surface area contributed by atoms with Crippen molar-refractivity contribution in [2.24, 2.45) is 5.92 Å². The first-order valence-corrected chi connectivity index (χ1v) is 15.2. The second kappa shape index (κ2) is 14.4. The fraction of sp³-hybridized carbons (Fsp3) is 0.167. The Bertz CT molecular complexity index is 2120. The minimum Gasteiger partial charge on any atom is -0.504 e. The van der Waals surface area contributed by atoms with Crippen LogP contribution in [-0.4, -0.2) is 87.2 Å². The van der Waals surface area contributed by atoms with E-state index in [0.29, 0.717) is 0 Å². The van der Waals surface area contributed by atoms with Gasteiger partial charge in [0.05, 0.1) is 5.57 Å². The van der Waals surface area contributed by atoms with Gasteiger partial charge in [0, 0.05) is 24.3 Å². The van der Waals surface area contributed by atoms with E-state index < -0.39 is 112 Å². The topological polar surface area (TPSA) is 289 Å². The van der Waals surface area contributed by atoms with Crippen LogP contribution in [0.15, 0.2) is 72.3 Å². The molecule has 0 spiro atoms. The van der Waals surface area contributed by atoms with Gasteiger partial charge < -0.3 is 60.5 Å². The number of carboxylic acid groups (broad SMARTS) is 2. The SMILES string of the molecule is O=C(OC(Cc1ccc(O)c(O)c1)C(=O)O)C1=Cc2ccc(O)c(O)c2C(c2ccc(O)c(O)c2)C1C(=O)OC(Cc1ccc(O)c(O)c1)C(=O)O. The first-order chi connectivity index (χ1) is 24.5. The molecule has 0 fully saturated rings. The fourth-order valence-corrected chi connectivity index (χ4v) is 5.80. The van der Waals surface area contributed by atoms with Crippen molar-refractivity contribution < 1.29 is 79.7 Å². The molecular weight excluding hydrogens is 688 g/mol. The summed E-state index contributed by atoms with van der Waals surface area (Å²) in [6.45, 7) is 0. The van der Waals surface area contributed by atoms with Gasteiger partial charge >= 0.3 is 23.9 Å². The van der Waals surface area contributed by atoms with E-state index in [1.807, 2.05) is 0 Å². The molecule has 5 rings (SSSR count). The highest BCUT2D eigenvalue weighted by Gasteiger charge is 2.46. The second-order valence-corrected chi connectivity index (χ2v) is 11.8. The number of aromatic hydroxyl groups is 8. The molecule has 0 saturated heterocycles. The van der Waals surface area contributed by atoms with Crippen LogP contribution in [-0.2, 0) is 41.5 Å². The molecule has 16 nitrogen and oxygen atoms in total. The summed E-state index contributed by atoms with van der Waals surface area (Å²) in [5.74, 6) is -14.7. The van der Waals surface area contributed by atoms with Crippen LogP contribution in [0.3, 0.4) is 0 Å². The number of aliphatic carboxylic acids is 2. The van der Waals surface area contributed by atoms with Crippen molar-refractivity contribution >= 4 is 30.0 Å². The normalized spacial score (nSPS) is 16.1. The Morgan fingerprint density at radius 1 is 0.577 bits per heavy atom. The van der Waals surface area contributed by atoms with Crippen molar-refractivity contribution in [3.05, 3.63) is 100 Å². The monoisotopic (exact) mass is 718 g/mol. The number of phenols is 8. The van der Waals surface area contributed by atoms with E-state index in [4.69, 9.17) is 9.47 Å². The van der Waals surface area contributed by atoms with Crippen LogP contribution in [0.5, 0.6) is 46.0 Å². The van der Waals surface area contributed by atoms with E-state index in [9.17, 15) is 70.2 Å². The molecule has 0 aromatic heterocycles. The van der Waals surface area contributed by atoms with E-state index in [1.54, 1.807) is 0 Å². The van der Waals surface area contributed by atoms with Gasteiger partial charge in [0.1, 0.15) is 5.92 Å². The number of esters is 2. The van der Waals surface area contributed by atoms with Gasteiger partial charge in [0.25, 0.3) is 0 Å². The van der Waals surface area contributed by atoms with Gasteiger partial charge in [0.15, 0.2) is 46.0 Å². The third kappa shape index (κ3) is 7.40. The number of hydrogen-bond acceptors (Lipinski definition) is 14. The molecular formula is C36H30O16. The summed E-state index contributed by atoms with van der Waals surface area (Å²) in [4.78, 5) is 52.8. The average molecular weight is 719 g/mol. The highest BCUT2D eigenvalue weighted by molar-refractivity contribution is 6.03. The molecule has 0 radical (unpaired) electrons. The van der Waals surface area contributed by atoms with E-state index in [-0.39, 0.29) is 27.8 Å². The Kier molecular flexibility index (Phi) is 10.0. The van der Waals surface area contributed by atoms with Crippen molar-refractivity contribution in [2.45, 2.75) is 31.0 Å². The maximum absolute atomic E-state index is 14.2. The lowest BCUT2D eigenvalue weighted by atomic mass is 9.71. The first kappa shape index (κ1) is 36.2. The minimum atomic E-state index is -1.99. The van der Waals surface area contributed by atoms with E-state index in [2.05, 4.69) is 0 Å². The van der Waals surface area contributed by atoms with Crippen LogP contribution in [0.1, 0.15) is 33.7 Å². The van der Waals surface area contributed by atoms with Gasteiger partial charge in [-0.1, -0.05) is 24.3 Å². The van der Waals surface area contributed by atoms with Crippen LogP contribution in [0.25, 0.3) is 6.08 Å². The molecule has 0 heterocycles. The summed E-state index contributed by atoms with van der Waals surface area (Å²) in [7, 11) is 0. The Balaban J connectivity index is 1.62. The number of benzene rings is 4. The van der Waals surface area contributed by atoms with Crippen LogP contribution in [0, 0.1) is 5.92 Å². The summed E-state index contributed by atoms with van der Waals surface area (Å²) in [5.41, 5.74) is -0.640. The van der Waals surface area contributed by atoms with Crippen molar-refractivity contribution in [2.75, 3.05) is 0 Å². The van der Waals surface area contributed by atoms with Crippen molar-refractivity contribution in [1.29, 1.82) is 0 Å². The van der Waals surface area contributed by atoms with Crippen molar-refractivity contribution in [3.63, 3.8) is 0 Å². The summed E-state index contributed by atoms with van der Waals surface area (Å²) in [6, 6.07) is 12.2. The number of ether oxygens (including phenoxy) is 2. The van der Waals surface area contributed by atoms with Gasteiger partial charge in [-0.05, 0) is 70.8 Å². The molecule has 4 atom stereocenters. The number of phenolic OH excluding ortho intramolecular Hbond substituents is 8. The average Bonchev–Trinajstić information content (AvgIpc) is 3.09. The maximum Gasteiger partial charge on any atom is 0.345 e. The van der Waals surface area contributed by atoms with Crippen molar-refractivity contribution in [3.8, 4) is 46.0 Å². The van der Waals surface area contributed by atoms with Crippen LogP contribution < -0.4 is 0 Å². The maximum atomic E-state index is 14.2. The van der Waals surface area contributed by atoms with Gasteiger partial charge in [-0.15, -0.1) is 0 Å². The van der Waals surface area contributed by atoms with E-state index >= 15 is 0 Å². The Hall–Kier alpha value is -7.10. The molecule has 4 aromatic rings. The third-order valence-corrected chi connectivity index (χ3v) is 8.35. The predicted molar refractivity (Wildman–Crippen MR) is 175 cm³/mol. The third-order valence-electron chi connectivity index (χ3n) is 8.35. The van der Waals surface area contributed by atoms with Gasteiger partial charge in [-0.25, -0.2) is 14.4 Å². The minimum absolute atomic E-state index is 0.00792. The summed E-state index contributed by atoms with van der Waals surface area (Å²) in [6.07, 6.45) is -3.99. The quantitative estimate of drug-likeness (QED) is 0.0788. The lowest BCUT2D eigenvalue weighted by molar-refractivity contribution is -0.168. The highest BCUT2D eigenvalue weighted by Crippen LogP contribution is 2.50. The van der Waals surface area contributed by atoms with Crippen LogP contribution in [0.2, 0.25) is 0 Å². The van der Waals surface area contributed by atoms with Gasteiger partial charge in [-0.3, -0.25) is 4.79 Å².